The molecular formula is C15H19N3O4S. The van der Waals surface area contributed by atoms with E-state index in [9.17, 15) is 13.2 Å². The van der Waals surface area contributed by atoms with Crippen LogP contribution in [0.5, 0.6) is 0 Å². The van der Waals surface area contributed by atoms with Gasteiger partial charge >= 0.3 is 5.97 Å². The fraction of sp³-hybridized carbons (Fsp3) is 0.333. The summed E-state index contributed by atoms with van der Waals surface area (Å²) in [5.74, 6) is -1.26. The third-order valence-corrected chi connectivity index (χ3v) is 4.86. The molecule has 0 aliphatic rings. The Morgan fingerprint density at radius 2 is 2.00 bits per heavy atom. The lowest BCUT2D eigenvalue weighted by atomic mass is 9.97. The number of nitrogens with one attached hydrogen (secondary N) is 1. The minimum Gasteiger partial charge on any atom is -0.481 e. The van der Waals surface area contributed by atoms with Crippen molar-refractivity contribution in [3.8, 4) is 0 Å². The first-order valence-corrected chi connectivity index (χ1v) is 8.63. The number of hydrogen-bond donors (Lipinski definition) is 2. The van der Waals surface area contributed by atoms with Crippen molar-refractivity contribution in [2.24, 2.45) is 13.0 Å². The second kappa shape index (κ2) is 6.82. The highest BCUT2D eigenvalue weighted by Gasteiger charge is 2.17. The van der Waals surface area contributed by atoms with Crippen molar-refractivity contribution in [2.45, 2.75) is 24.7 Å². The van der Waals surface area contributed by atoms with Gasteiger partial charge in [0.05, 0.1) is 12.1 Å². The Labute approximate surface area is 135 Å². The van der Waals surface area contributed by atoms with Crippen molar-refractivity contribution in [3.05, 3.63) is 42.2 Å². The summed E-state index contributed by atoms with van der Waals surface area (Å²) in [7, 11) is -2.03. The fourth-order valence-electron chi connectivity index (χ4n) is 2.15. The molecule has 8 heteroatoms. The van der Waals surface area contributed by atoms with Crippen molar-refractivity contribution in [1.82, 2.24) is 9.78 Å². The molecule has 0 saturated carbocycles. The van der Waals surface area contributed by atoms with Crippen LogP contribution in [0.4, 0.5) is 5.69 Å². The predicted octanol–water partition coefficient (Wildman–Crippen LogP) is 1.87. The zero-order valence-corrected chi connectivity index (χ0v) is 13.7. The minimum absolute atomic E-state index is 0.0843. The van der Waals surface area contributed by atoms with Crippen LogP contribution in [0.25, 0.3) is 0 Å². The topological polar surface area (TPSA) is 101 Å². The summed E-state index contributed by atoms with van der Waals surface area (Å²) in [5, 5.41) is 12.9. The fourth-order valence-corrected chi connectivity index (χ4v) is 3.19. The van der Waals surface area contributed by atoms with Crippen LogP contribution in [0.3, 0.4) is 0 Å². The molecule has 0 spiro atoms. The van der Waals surface area contributed by atoms with Gasteiger partial charge in [0.1, 0.15) is 4.90 Å². The SMILES string of the molecule is CC[C@H](Cc1ccc(NS(=O)(=O)c2cnn(C)c2)cc1)C(=O)O. The maximum Gasteiger partial charge on any atom is 0.306 e. The summed E-state index contributed by atoms with van der Waals surface area (Å²) in [4.78, 5) is 11.1. The number of anilines is 1. The van der Waals surface area contributed by atoms with Crippen LogP contribution in [0.1, 0.15) is 18.9 Å². The normalized spacial score (nSPS) is 12.8. The highest BCUT2D eigenvalue weighted by atomic mass is 32.2. The number of carboxylic acids is 1. The van der Waals surface area contributed by atoms with Crippen LogP contribution >= 0.6 is 0 Å². The maximum atomic E-state index is 12.2. The van der Waals surface area contributed by atoms with Crippen LogP contribution in [-0.4, -0.2) is 29.3 Å². The van der Waals surface area contributed by atoms with Gasteiger partial charge in [0.15, 0.2) is 0 Å². The van der Waals surface area contributed by atoms with Gasteiger partial charge in [0, 0.05) is 18.9 Å². The van der Waals surface area contributed by atoms with E-state index in [0.717, 1.165) is 5.56 Å². The van der Waals surface area contributed by atoms with Crippen molar-refractivity contribution < 1.29 is 18.3 Å². The number of sulfonamides is 1. The van der Waals surface area contributed by atoms with Crippen LogP contribution in [0, 0.1) is 5.92 Å². The highest BCUT2D eigenvalue weighted by molar-refractivity contribution is 7.92. The van der Waals surface area contributed by atoms with E-state index in [1.54, 1.807) is 31.3 Å². The zero-order chi connectivity index (χ0) is 17.0. The van der Waals surface area contributed by atoms with Crippen LogP contribution in [0.2, 0.25) is 0 Å². The molecule has 2 N–H and O–H groups in total. The summed E-state index contributed by atoms with van der Waals surface area (Å²) < 4.78 is 28.2. The average Bonchev–Trinajstić information content (AvgIpc) is 2.93. The Morgan fingerprint density at radius 3 is 2.48 bits per heavy atom. The van der Waals surface area contributed by atoms with E-state index in [-0.39, 0.29) is 4.90 Å². The van der Waals surface area contributed by atoms with E-state index in [1.807, 2.05) is 6.92 Å². The molecule has 0 amide bonds. The van der Waals surface area contributed by atoms with E-state index in [1.165, 1.54) is 17.1 Å². The number of carbonyl (C=O) groups is 1. The number of carboxylic acid groups (broad SMARTS) is 1. The van der Waals surface area contributed by atoms with Crippen LogP contribution in [0.15, 0.2) is 41.6 Å². The lowest BCUT2D eigenvalue weighted by Gasteiger charge is -2.11. The summed E-state index contributed by atoms with van der Waals surface area (Å²) in [6, 6.07) is 6.70. The summed E-state index contributed by atoms with van der Waals surface area (Å²) >= 11 is 0. The van der Waals surface area contributed by atoms with Crippen molar-refractivity contribution in [3.63, 3.8) is 0 Å². The Balaban J connectivity index is 2.09. The smallest absolute Gasteiger partial charge is 0.306 e. The molecule has 1 heterocycles. The van der Waals surface area contributed by atoms with E-state index < -0.39 is 21.9 Å². The predicted molar refractivity (Wildman–Crippen MR) is 85.6 cm³/mol. The molecule has 124 valence electrons. The molecule has 0 unspecified atom stereocenters. The first-order valence-electron chi connectivity index (χ1n) is 7.15. The van der Waals surface area contributed by atoms with E-state index in [4.69, 9.17) is 5.11 Å². The maximum absolute atomic E-state index is 12.2. The van der Waals surface area contributed by atoms with Crippen LogP contribution in [-0.2, 0) is 28.3 Å². The first kappa shape index (κ1) is 17.0. The monoisotopic (exact) mass is 337 g/mol. The summed E-state index contributed by atoms with van der Waals surface area (Å²) in [6.07, 6.45) is 3.65. The van der Waals surface area contributed by atoms with Gasteiger partial charge < -0.3 is 5.11 Å². The van der Waals surface area contributed by atoms with Gasteiger partial charge in [-0.25, -0.2) is 8.42 Å². The molecule has 7 nitrogen and oxygen atoms in total. The quantitative estimate of drug-likeness (QED) is 0.803. The highest BCUT2D eigenvalue weighted by Crippen LogP contribution is 2.18. The summed E-state index contributed by atoms with van der Waals surface area (Å²) in [5.41, 5.74) is 1.27. The minimum atomic E-state index is -3.67. The van der Waals surface area contributed by atoms with Gasteiger partial charge in [0.25, 0.3) is 10.0 Å². The molecule has 0 radical (unpaired) electrons. The second-order valence-electron chi connectivity index (χ2n) is 5.30. The van der Waals surface area contributed by atoms with Gasteiger partial charge in [-0.2, -0.15) is 5.10 Å². The third kappa shape index (κ3) is 4.32. The van der Waals surface area contributed by atoms with Crippen molar-refractivity contribution >= 4 is 21.7 Å². The summed E-state index contributed by atoms with van der Waals surface area (Å²) in [6.45, 7) is 1.83. The molecule has 23 heavy (non-hydrogen) atoms. The molecule has 0 aliphatic carbocycles. The van der Waals surface area contributed by atoms with Crippen molar-refractivity contribution in [2.75, 3.05) is 4.72 Å². The molecule has 1 atom stereocenters. The van der Waals surface area contributed by atoms with Gasteiger partial charge in [-0.3, -0.25) is 14.2 Å². The van der Waals surface area contributed by atoms with E-state index in [2.05, 4.69) is 9.82 Å². The van der Waals surface area contributed by atoms with Gasteiger partial charge in [-0.15, -0.1) is 0 Å². The zero-order valence-electron chi connectivity index (χ0n) is 12.9. The molecule has 0 bridgehead atoms. The Kier molecular flexibility index (Phi) is 5.05. The molecule has 0 fully saturated rings. The number of hydrogen-bond acceptors (Lipinski definition) is 4. The Bertz CT molecular complexity index is 781. The molecule has 0 saturated heterocycles. The number of nitrogens with zero attached hydrogens (tertiary/aromatic N) is 2. The molecule has 2 aromatic rings. The number of aliphatic carboxylic acids is 1. The lowest BCUT2D eigenvalue weighted by molar-refractivity contribution is -0.141. The van der Waals surface area contributed by atoms with Gasteiger partial charge in [-0.1, -0.05) is 19.1 Å². The third-order valence-electron chi connectivity index (χ3n) is 3.52. The average molecular weight is 337 g/mol. The largest absolute Gasteiger partial charge is 0.481 e. The van der Waals surface area contributed by atoms with Crippen LogP contribution < -0.4 is 4.72 Å². The van der Waals surface area contributed by atoms with Crippen molar-refractivity contribution in [1.29, 1.82) is 0 Å². The molecule has 2 rings (SSSR count). The second-order valence-corrected chi connectivity index (χ2v) is 6.98. The van der Waals surface area contributed by atoms with E-state index in [0.29, 0.717) is 18.5 Å². The molecule has 0 aliphatic heterocycles. The molecule has 1 aromatic heterocycles. The Hall–Kier alpha value is -2.35. The molecular weight excluding hydrogens is 318 g/mol. The number of aryl methyl sites for hydroxylation is 1. The number of rotatable bonds is 7. The standard InChI is InChI=1S/C15H19N3O4S/c1-3-12(15(19)20)8-11-4-6-13(7-5-11)17-23(21,22)14-9-16-18(2)10-14/h4-7,9-10,12,17H,3,8H2,1-2H3,(H,19,20)/t12-/m1/s1. The number of aromatic nitrogens is 2. The Morgan fingerprint density at radius 1 is 1.35 bits per heavy atom. The molecule has 1 aromatic carbocycles. The van der Waals surface area contributed by atoms with Gasteiger partial charge in [0.2, 0.25) is 0 Å². The van der Waals surface area contributed by atoms with E-state index >= 15 is 0 Å². The first-order chi connectivity index (χ1) is 10.8. The number of benzene rings is 1. The van der Waals surface area contributed by atoms with Gasteiger partial charge in [-0.05, 0) is 30.5 Å². The lowest BCUT2D eigenvalue weighted by Crippen LogP contribution is -2.15.